The molecule has 118 valence electrons. The lowest BCUT2D eigenvalue weighted by atomic mass is 9.97. The average molecular weight is 303 g/mol. The number of rotatable bonds is 4. The maximum atomic E-state index is 12.4. The predicted molar refractivity (Wildman–Crippen MR) is 81.8 cm³/mol. The molecule has 1 N–H and O–H groups in total. The average Bonchev–Trinajstić information content (AvgIpc) is 2.90. The van der Waals surface area contributed by atoms with Crippen molar-refractivity contribution in [3.05, 3.63) is 0 Å². The zero-order valence-electron chi connectivity index (χ0n) is 13.1. The lowest BCUT2D eigenvalue weighted by Crippen LogP contribution is -2.48. The van der Waals surface area contributed by atoms with Crippen LogP contribution in [0.2, 0.25) is 0 Å². The van der Waals surface area contributed by atoms with Crippen LogP contribution in [-0.4, -0.2) is 55.3 Å². The molecule has 2 heterocycles. The van der Waals surface area contributed by atoms with Crippen molar-refractivity contribution >= 4 is 10.2 Å². The molecule has 0 saturated carbocycles. The van der Waals surface area contributed by atoms with Crippen LogP contribution < -0.4 is 5.32 Å². The Morgan fingerprint density at radius 3 is 2.00 bits per heavy atom. The molecule has 6 heteroatoms. The summed E-state index contributed by atoms with van der Waals surface area (Å²) >= 11 is 0. The molecule has 2 rings (SSSR count). The van der Waals surface area contributed by atoms with E-state index in [1.165, 1.54) is 0 Å². The van der Waals surface area contributed by atoms with Gasteiger partial charge in [0.2, 0.25) is 0 Å². The molecule has 2 saturated heterocycles. The zero-order valence-corrected chi connectivity index (χ0v) is 13.9. The summed E-state index contributed by atoms with van der Waals surface area (Å²) in [5, 5.41) is 3.52. The molecular formula is C14H29N3O2S. The Morgan fingerprint density at radius 1 is 1.00 bits per heavy atom. The Labute approximate surface area is 123 Å². The second kappa shape index (κ2) is 6.30. The van der Waals surface area contributed by atoms with Gasteiger partial charge in [-0.3, -0.25) is 0 Å². The Balaban J connectivity index is 1.82. The van der Waals surface area contributed by atoms with E-state index in [0.29, 0.717) is 32.1 Å². The summed E-state index contributed by atoms with van der Waals surface area (Å²) < 4.78 is 28.2. The Bertz CT molecular complexity index is 403. The highest BCUT2D eigenvalue weighted by Crippen LogP contribution is 2.23. The fourth-order valence-corrected chi connectivity index (χ4v) is 4.60. The van der Waals surface area contributed by atoms with Crippen molar-refractivity contribution in [3.8, 4) is 0 Å². The van der Waals surface area contributed by atoms with Gasteiger partial charge < -0.3 is 5.32 Å². The Hall–Kier alpha value is -0.170. The summed E-state index contributed by atoms with van der Waals surface area (Å²) in [6, 6.07) is 0. The first-order valence-corrected chi connectivity index (χ1v) is 9.19. The van der Waals surface area contributed by atoms with Gasteiger partial charge >= 0.3 is 0 Å². The van der Waals surface area contributed by atoms with Crippen LogP contribution in [0.15, 0.2) is 0 Å². The van der Waals surface area contributed by atoms with Gasteiger partial charge in [0, 0.05) is 31.7 Å². The van der Waals surface area contributed by atoms with E-state index in [2.05, 4.69) is 26.1 Å². The highest BCUT2D eigenvalue weighted by molar-refractivity contribution is 7.86. The molecule has 0 aromatic rings. The minimum Gasteiger partial charge on any atom is -0.312 e. The molecule has 0 bridgehead atoms. The first kappa shape index (κ1) is 16.2. The fourth-order valence-electron chi connectivity index (χ4n) is 2.88. The molecule has 0 aliphatic carbocycles. The maximum Gasteiger partial charge on any atom is 0.281 e. The van der Waals surface area contributed by atoms with Crippen LogP contribution in [0.5, 0.6) is 0 Å². The molecule has 2 aliphatic rings. The van der Waals surface area contributed by atoms with Crippen LogP contribution in [0.25, 0.3) is 0 Å². The molecule has 0 unspecified atom stereocenters. The van der Waals surface area contributed by atoms with Crippen LogP contribution in [0.4, 0.5) is 0 Å². The molecular weight excluding hydrogens is 274 g/mol. The third-order valence-electron chi connectivity index (χ3n) is 4.21. The van der Waals surface area contributed by atoms with Crippen molar-refractivity contribution in [2.24, 2.45) is 5.92 Å². The molecule has 0 aromatic heterocycles. The molecule has 0 radical (unpaired) electrons. The quantitative estimate of drug-likeness (QED) is 0.855. The number of nitrogens with zero attached hydrogens (tertiary/aromatic N) is 2. The van der Waals surface area contributed by atoms with Crippen LogP contribution in [0.3, 0.4) is 0 Å². The molecule has 0 spiro atoms. The van der Waals surface area contributed by atoms with Crippen molar-refractivity contribution in [2.75, 3.05) is 32.7 Å². The van der Waals surface area contributed by atoms with Crippen molar-refractivity contribution in [2.45, 2.75) is 52.0 Å². The summed E-state index contributed by atoms with van der Waals surface area (Å²) in [6.07, 6.45) is 3.95. The fraction of sp³-hybridized carbons (Fsp3) is 1.00. The van der Waals surface area contributed by atoms with Crippen LogP contribution >= 0.6 is 0 Å². The van der Waals surface area contributed by atoms with Gasteiger partial charge in [-0.2, -0.15) is 17.0 Å². The van der Waals surface area contributed by atoms with E-state index in [4.69, 9.17) is 0 Å². The second-order valence-electron chi connectivity index (χ2n) is 7.09. The summed E-state index contributed by atoms with van der Waals surface area (Å²) in [7, 11) is -3.18. The van der Waals surface area contributed by atoms with E-state index in [-0.39, 0.29) is 5.54 Å². The van der Waals surface area contributed by atoms with Crippen molar-refractivity contribution < 1.29 is 8.42 Å². The molecule has 2 fully saturated rings. The van der Waals surface area contributed by atoms with Gasteiger partial charge in [-0.25, -0.2) is 0 Å². The topological polar surface area (TPSA) is 52.7 Å². The number of hydrogen-bond donors (Lipinski definition) is 1. The minimum atomic E-state index is -3.18. The summed E-state index contributed by atoms with van der Waals surface area (Å²) in [5.41, 5.74) is 0.138. The van der Waals surface area contributed by atoms with Gasteiger partial charge in [-0.1, -0.05) is 0 Å². The van der Waals surface area contributed by atoms with E-state index in [1.807, 2.05) is 0 Å². The normalized spacial score (nSPS) is 24.4. The lowest BCUT2D eigenvalue weighted by molar-refractivity contribution is 0.241. The third kappa shape index (κ3) is 4.16. The van der Waals surface area contributed by atoms with Gasteiger partial charge in [-0.05, 0) is 58.9 Å². The van der Waals surface area contributed by atoms with Gasteiger partial charge in [0.05, 0.1) is 0 Å². The molecule has 5 nitrogen and oxygen atoms in total. The van der Waals surface area contributed by atoms with Crippen LogP contribution in [-0.2, 0) is 10.2 Å². The Morgan fingerprint density at radius 2 is 1.50 bits per heavy atom. The van der Waals surface area contributed by atoms with Crippen molar-refractivity contribution in [1.29, 1.82) is 0 Å². The van der Waals surface area contributed by atoms with E-state index >= 15 is 0 Å². The van der Waals surface area contributed by atoms with E-state index < -0.39 is 10.2 Å². The first-order chi connectivity index (χ1) is 9.29. The summed E-state index contributed by atoms with van der Waals surface area (Å²) in [6.45, 7) is 10.2. The van der Waals surface area contributed by atoms with E-state index in [9.17, 15) is 8.42 Å². The standard InChI is InChI=1S/C14H29N3O2S/c1-14(2,3)15-12-13-6-10-17(11-7-13)20(18,19)16-8-4-5-9-16/h13,15H,4-12H2,1-3H3. The van der Waals surface area contributed by atoms with Gasteiger partial charge in [0.1, 0.15) is 0 Å². The highest BCUT2D eigenvalue weighted by Gasteiger charge is 2.34. The van der Waals surface area contributed by atoms with Gasteiger partial charge in [-0.15, -0.1) is 0 Å². The molecule has 0 atom stereocenters. The Kier molecular flexibility index (Phi) is 5.10. The predicted octanol–water partition coefficient (Wildman–Crippen LogP) is 1.43. The second-order valence-corrected chi connectivity index (χ2v) is 9.02. The molecule has 20 heavy (non-hydrogen) atoms. The molecule has 0 amide bonds. The molecule has 0 aromatic carbocycles. The third-order valence-corrected chi connectivity index (χ3v) is 6.25. The minimum absolute atomic E-state index is 0.138. The highest BCUT2D eigenvalue weighted by atomic mass is 32.2. The first-order valence-electron chi connectivity index (χ1n) is 7.79. The monoisotopic (exact) mass is 303 g/mol. The number of piperidine rings is 1. The number of hydrogen-bond acceptors (Lipinski definition) is 3. The lowest BCUT2D eigenvalue weighted by Gasteiger charge is -2.34. The zero-order chi connectivity index (χ0) is 14.8. The van der Waals surface area contributed by atoms with E-state index in [0.717, 1.165) is 32.2 Å². The van der Waals surface area contributed by atoms with Gasteiger partial charge in [0.15, 0.2) is 0 Å². The summed E-state index contributed by atoms with van der Waals surface area (Å²) in [5.74, 6) is 0.597. The maximum absolute atomic E-state index is 12.4. The van der Waals surface area contributed by atoms with Gasteiger partial charge in [0.25, 0.3) is 10.2 Å². The van der Waals surface area contributed by atoms with E-state index in [1.54, 1.807) is 8.61 Å². The molecule has 2 aliphatic heterocycles. The summed E-state index contributed by atoms with van der Waals surface area (Å²) in [4.78, 5) is 0. The van der Waals surface area contributed by atoms with Crippen LogP contribution in [0, 0.1) is 5.92 Å². The van der Waals surface area contributed by atoms with Crippen LogP contribution in [0.1, 0.15) is 46.5 Å². The largest absolute Gasteiger partial charge is 0.312 e. The van der Waals surface area contributed by atoms with Crippen molar-refractivity contribution in [3.63, 3.8) is 0 Å². The SMILES string of the molecule is CC(C)(C)NCC1CCN(S(=O)(=O)N2CCCC2)CC1. The smallest absolute Gasteiger partial charge is 0.281 e. The number of nitrogens with one attached hydrogen (secondary N) is 1. The van der Waals surface area contributed by atoms with Crippen molar-refractivity contribution in [1.82, 2.24) is 13.9 Å².